The Kier molecular flexibility index (Phi) is 3.66. The number of nitro benzene ring substituents is 1. The zero-order valence-corrected chi connectivity index (χ0v) is 10.2. The second-order valence-electron chi connectivity index (χ2n) is 4.26. The van der Waals surface area contributed by atoms with Crippen molar-refractivity contribution in [3.8, 4) is 5.75 Å². The average Bonchev–Trinajstić information content (AvgIpc) is 2.76. The molecule has 0 bridgehead atoms. The number of hydrogen-bond donors (Lipinski definition) is 1. The topological polar surface area (TPSA) is 75.8 Å². The molecule has 1 saturated heterocycles. The van der Waals surface area contributed by atoms with Crippen LogP contribution in [0.2, 0.25) is 0 Å². The van der Waals surface area contributed by atoms with Crippen LogP contribution in [-0.2, 0) is 0 Å². The van der Waals surface area contributed by atoms with Gasteiger partial charge in [-0.05, 0) is 13.3 Å². The van der Waals surface area contributed by atoms with Crippen LogP contribution in [0.15, 0.2) is 18.2 Å². The van der Waals surface area contributed by atoms with Gasteiger partial charge < -0.3 is 14.7 Å². The minimum absolute atomic E-state index is 0.0114. The summed E-state index contributed by atoms with van der Waals surface area (Å²) in [6, 6.07) is 4.70. The molecule has 1 fully saturated rings. The number of nitrogens with zero attached hydrogens (tertiary/aromatic N) is 2. The summed E-state index contributed by atoms with van der Waals surface area (Å²) in [6.45, 7) is 3.50. The highest BCUT2D eigenvalue weighted by atomic mass is 16.6. The van der Waals surface area contributed by atoms with Crippen LogP contribution >= 0.6 is 0 Å². The van der Waals surface area contributed by atoms with Gasteiger partial charge in [0.1, 0.15) is 5.75 Å². The number of β-amino-alcohol motifs (C(OH)–C–C–N with tert-alkyl or cyclic N) is 1. The molecule has 98 valence electrons. The SMILES string of the molecule is CCOc1cc(N2CC[C@H](O)C2)cc([N+](=O)[O-])c1. The number of nitro groups is 1. The van der Waals surface area contributed by atoms with Crippen molar-refractivity contribution >= 4 is 11.4 Å². The molecule has 6 nitrogen and oxygen atoms in total. The van der Waals surface area contributed by atoms with Crippen LogP contribution in [0.3, 0.4) is 0 Å². The van der Waals surface area contributed by atoms with E-state index in [0.717, 1.165) is 5.69 Å². The van der Waals surface area contributed by atoms with Gasteiger partial charge in [-0.2, -0.15) is 0 Å². The quantitative estimate of drug-likeness (QED) is 0.650. The predicted molar refractivity (Wildman–Crippen MR) is 67.1 cm³/mol. The minimum Gasteiger partial charge on any atom is -0.494 e. The number of benzene rings is 1. The Balaban J connectivity index is 2.30. The van der Waals surface area contributed by atoms with Crippen molar-refractivity contribution in [2.45, 2.75) is 19.4 Å². The second kappa shape index (κ2) is 5.22. The third-order valence-electron chi connectivity index (χ3n) is 2.93. The highest BCUT2D eigenvalue weighted by molar-refractivity contribution is 5.58. The van der Waals surface area contributed by atoms with Crippen molar-refractivity contribution in [2.75, 3.05) is 24.6 Å². The zero-order chi connectivity index (χ0) is 13.1. The fraction of sp³-hybridized carbons (Fsp3) is 0.500. The number of ether oxygens (including phenoxy) is 1. The normalized spacial score (nSPS) is 19.0. The summed E-state index contributed by atoms with van der Waals surface area (Å²) in [5, 5.41) is 20.4. The smallest absolute Gasteiger partial charge is 0.275 e. The lowest BCUT2D eigenvalue weighted by Gasteiger charge is -2.18. The second-order valence-corrected chi connectivity index (χ2v) is 4.26. The van der Waals surface area contributed by atoms with Crippen LogP contribution in [0.25, 0.3) is 0 Å². The Morgan fingerprint density at radius 1 is 1.56 bits per heavy atom. The average molecular weight is 252 g/mol. The van der Waals surface area contributed by atoms with Gasteiger partial charge in [0.15, 0.2) is 0 Å². The van der Waals surface area contributed by atoms with Crippen LogP contribution in [0.4, 0.5) is 11.4 Å². The molecule has 1 N–H and O–H groups in total. The number of hydrogen-bond acceptors (Lipinski definition) is 5. The van der Waals surface area contributed by atoms with Crippen LogP contribution in [-0.4, -0.2) is 35.8 Å². The lowest BCUT2D eigenvalue weighted by atomic mass is 10.2. The molecule has 0 saturated carbocycles. The number of anilines is 1. The molecule has 1 aromatic carbocycles. The first-order valence-electron chi connectivity index (χ1n) is 5.95. The highest BCUT2D eigenvalue weighted by Gasteiger charge is 2.22. The van der Waals surface area contributed by atoms with E-state index < -0.39 is 4.92 Å². The van der Waals surface area contributed by atoms with E-state index in [4.69, 9.17) is 4.74 Å². The molecule has 1 aliphatic heterocycles. The van der Waals surface area contributed by atoms with Gasteiger partial charge in [-0.15, -0.1) is 0 Å². The Morgan fingerprint density at radius 2 is 2.33 bits per heavy atom. The Labute approximate surface area is 105 Å². The van der Waals surface area contributed by atoms with Crippen LogP contribution in [0, 0.1) is 10.1 Å². The molecule has 0 aromatic heterocycles. The van der Waals surface area contributed by atoms with Gasteiger partial charge in [0, 0.05) is 30.9 Å². The monoisotopic (exact) mass is 252 g/mol. The van der Waals surface area contributed by atoms with Crippen LogP contribution in [0.5, 0.6) is 5.75 Å². The van der Waals surface area contributed by atoms with Gasteiger partial charge in [-0.25, -0.2) is 0 Å². The van der Waals surface area contributed by atoms with Crippen molar-refractivity contribution < 1.29 is 14.8 Å². The van der Waals surface area contributed by atoms with Crippen LogP contribution in [0.1, 0.15) is 13.3 Å². The molecule has 2 rings (SSSR count). The highest BCUT2D eigenvalue weighted by Crippen LogP contribution is 2.30. The molecule has 1 aliphatic rings. The molecule has 0 spiro atoms. The molecule has 0 unspecified atom stereocenters. The fourth-order valence-corrected chi connectivity index (χ4v) is 2.08. The largest absolute Gasteiger partial charge is 0.494 e. The van der Waals surface area contributed by atoms with Crippen molar-refractivity contribution in [3.05, 3.63) is 28.3 Å². The molecular weight excluding hydrogens is 236 g/mol. The Hall–Kier alpha value is -1.82. The summed E-state index contributed by atoms with van der Waals surface area (Å²) in [5.41, 5.74) is 0.738. The summed E-state index contributed by atoms with van der Waals surface area (Å²) in [7, 11) is 0. The van der Waals surface area contributed by atoms with Crippen molar-refractivity contribution in [1.29, 1.82) is 0 Å². The molecule has 0 radical (unpaired) electrons. The van der Waals surface area contributed by atoms with Gasteiger partial charge in [-0.1, -0.05) is 0 Å². The van der Waals surface area contributed by atoms with E-state index in [9.17, 15) is 15.2 Å². The van der Waals surface area contributed by atoms with E-state index in [-0.39, 0.29) is 11.8 Å². The molecule has 1 atom stereocenters. The van der Waals surface area contributed by atoms with Gasteiger partial charge >= 0.3 is 0 Å². The summed E-state index contributed by atoms with van der Waals surface area (Å²) < 4.78 is 5.33. The molecular formula is C12H16N2O4. The van der Waals surface area contributed by atoms with Crippen molar-refractivity contribution in [3.63, 3.8) is 0 Å². The molecule has 0 aliphatic carbocycles. The first kappa shape index (κ1) is 12.6. The van der Waals surface area contributed by atoms with Gasteiger partial charge in [0.25, 0.3) is 5.69 Å². The summed E-state index contributed by atoms with van der Waals surface area (Å²) >= 11 is 0. The number of aliphatic hydroxyl groups is 1. The zero-order valence-electron chi connectivity index (χ0n) is 10.2. The molecule has 1 heterocycles. The van der Waals surface area contributed by atoms with E-state index in [2.05, 4.69) is 0 Å². The molecule has 0 amide bonds. The predicted octanol–water partition coefficient (Wildman–Crippen LogP) is 1.56. The fourth-order valence-electron chi connectivity index (χ4n) is 2.08. The summed E-state index contributed by atoms with van der Waals surface area (Å²) in [6.07, 6.45) is 0.326. The lowest BCUT2D eigenvalue weighted by molar-refractivity contribution is -0.384. The first-order chi connectivity index (χ1) is 8.60. The van der Waals surface area contributed by atoms with Crippen molar-refractivity contribution in [1.82, 2.24) is 0 Å². The number of rotatable bonds is 4. The standard InChI is InChI=1S/C12H16N2O4/c1-2-18-12-6-9(5-10(7-12)14(16)17)13-4-3-11(15)8-13/h5-7,11,15H,2-4,8H2,1H3/t11-/m0/s1. The maximum atomic E-state index is 10.9. The van der Waals surface area contributed by atoms with Crippen LogP contribution < -0.4 is 9.64 Å². The minimum atomic E-state index is -0.432. The van der Waals surface area contributed by atoms with E-state index >= 15 is 0 Å². The third-order valence-corrected chi connectivity index (χ3v) is 2.93. The van der Waals surface area contributed by atoms with E-state index in [1.807, 2.05) is 11.8 Å². The van der Waals surface area contributed by atoms with Gasteiger partial charge in [0.2, 0.25) is 0 Å². The summed E-state index contributed by atoms with van der Waals surface area (Å²) in [5.74, 6) is 0.489. The van der Waals surface area contributed by atoms with E-state index in [1.54, 1.807) is 6.07 Å². The maximum absolute atomic E-state index is 10.9. The van der Waals surface area contributed by atoms with Gasteiger partial charge in [0.05, 0.1) is 23.7 Å². The van der Waals surface area contributed by atoms with E-state index in [0.29, 0.717) is 31.9 Å². The Bertz CT molecular complexity index is 450. The molecule has 18 heavy (non-hydrogen) atoms. The maximum Gasteiger partial charge on any atom is 0.275 e. The third kappa shape index (κ3) is 2.70. The number of aliphatic hydroxyl groups excluding tert-OH is 1. The van der Waals surface area contributed by atoms with Crippen molar-refractivity contribution in [2.24, 2.45) is 0 Å². The molecule has 6 heteroatoms. The summed E-state index contributed by atoms with van der Waals surface area (Å²) in [4.78, 5) is 12.4. The number of non-ortho nitro benzene ring substituents is 1. The van der Waals surface area contributed by atoms with E-state index in [1.165, 1.54) is 12.1 Å². The molecule has 1 aromatic rings. The lowest BCUT2D eigenvalue weighted by Crippen LogP contribution is -2.21. The van der Waals surface area contributed by atoms with Gasteiger partial charge in [-0.3, -0.25) is 10.1 Å². The first-order valence-corrected chi connectivity index (χ1v) is 5.95. The Morgan fingerprint density at radius 3 is 2.89 bits per heavy atom.